The number of benzene rings is 2. The van der Waals surface area contributed by atoms with Crippen LogP contribution in [0.1, 0.15) is 29.2 Å². The second-order valence-corrected chi connectivity index (χ2v) is 6.41. The fourth-order valence-corrected chi connectivity index (χ4v) is 4.11. The molecule has 1 aliphatic rings. The summed E-state index contributed by atoms with van der Waals surface area (Å²) in [6.07, 6.45) is 1.81. The van der Waals surface area contributed by atoms with Gasteiger partial charge in [0.25, 0.3) is 0 Å². The van der Waals surface area contributed by atoms with Crippen molar-refractivity contribution < 1.29 is 23.5 Å². The van der Waals surface area contributed by atoms with Gasteiger partial charge in [0.1, 0.15) is 5.76 Å². The van der Waals surface area contributed by atoms with Gasteiger partial charge in [-0.05, 0) is 40.5 Å². The van der Waals surface area contributed by atoms with Gasteiger partial charge in [-0.2, -0.15) is 0 Å². The number of hydrogen-bond donors (Lipinski definition) is 0. The maximum atomic E-state index is 12.8. The highest BCUT2D eigenvalue weighted by Gasteiger charge is 2.58. The van der Waals surface area contributed by atoms with Crippen molar-refractivity contribution in [3.05, 3.63) is 71.7 Å². The summed E-state index contributed by atoms with van der Waals surface area (Å²) in [5.74, 6) is -0.772. The van der Waals surface area contributed by atoms with E-state index in [1.807, 2.05) is 42.5 Å². The van der Waals surface area contributed by atoms with Crippen molar-refractivity contribution in [2.45, 2.75) is 17.8 Å². The van der Waals surface area contributed by atoms with Crippen molar-refractivity contribution in [2.24, 2.45) is 0 Å². The number of fused-ring (bicyclic) bond motifs is 3. The number of carbonyl (C=O) groups is 2. The number of rotatable bonds is 3. The van der Waals surface area contributed by atoms with Crippen LogP contribution in [-0.4, -0.2) is 26.2 Å². The first-order valence-electron chi connectivity index (χ1n) is 8.36. The molecule has 26 heavy (non-hydrogen) atoms. The first kappa shape index (κ1) is 16.4. The molecule has 0 fully saturated rings. The highest BCUT2D eigenvalue weighted by atomic mass is 16.5. The molecule has 132 valence electrons. The summed E-state index contributed by atoms with van der Waals surface area (Å²) in [6, 6.07) is 15.3. The summed E-state index contributed by atoms with van der Waals surface area (Å²) < 4.78 is 15.7. The lowest BCUT2D eigenvalue weighted by Crippen LogP contribution is -2.43. The Kier molecular flexibility index (Phi) is 3.80. The summed E-state index contributed by atoms with van der Waals surface area (Å²) in [5.41, 5.74) is 0.0329. The highest BCUT2D eigenvalue weighted by Crippen LogP contribution is 2.52. The van der Waals surface area contributed by atoms with Gasteiger partial charge in [-0.1, -0.05) is 36.4 Å². The third-order valence-corrected chi connectivity index (χ3v) is 5.24. The van der Waals surface area contributed by atoms with Crippen LogP contribution in [0.2, 0.25) is 0 Å². The van der Waals surface area contributed by atoms with Crippen molar-refractivity contribution in [1.29, 1.82) is 0 Å². The van der Waals surface area contributed by atoms with Crippen LogP contribution in [0.5, 0.6) is 0 Å². The molecule has 1 unspecified atom stereocenters. The lowest BCUT2D eigenvalue weighted by atomic mass is 9.80. The summed E-state index contributed by atoms with van der Waals surface area (Å²) in [7, 11) is 2.57. The van der Waals surface area contributed by atoms with E-state index in [2.05, 4.69) is 0 Å². The Morgan fingerprint density at radius 1 is 1.00 bits per heavy atom. The van der Waals surface area contributed by atoms with Crippen LogP contribution in [0, 0.1) is 0 Å². The van der Waals surface area contributed by atoms with Crippen LogP contribution in [0.25, 0.3) is 10.8 Å². The van der Waals surface area contributed by atoms with Gasteiger partial charge in [-0.15, -0.1) is 0 Å². The number of methoxy groups -OCH3 is 2. The smallest absolute Gasteiger partial charge is 0.327 e. The Balaban J connectivity index is 2.07. The number of hydrogen-bond acceptors (Lipinski definition) is 5. The number of furan rings is 1. The first-order valence-corrected chi connectivity index (χ1v) is 8.36. The van der Waals surface area contributed by atoms with Crippen LogP contribution in [0.4, 0.5) is 0 Å². The molecule has 1 heterocycles. The molecule has 2 aromatic carbocycles. The molecule has 1 atom stereocenters. The Hall–Kier alpha value is -3.08. The van der Waals surface area contributed by atoms with Crippen molar-refractivity contribution >= 4 is 22.7 Å². The maximum absolute atomic E-state index is 12.8. The van der Waals surface area contributed by atoms with E-state index in [0.717, 1.165) is 16.3 Å². The zero-order chi connectivity index (χ0) is 18.3. The molecule has 0 saturated carbocycles. The Morgan fingerprint density at radius 2 is 1.73 bits per heavy atom. The fraction of sp³-hybridized carbons (Fsp3) is 0.238. The second-order valence-electron chi connectivity index (χ2n) is 6.41. The molecule has 0 N–H and O–H groups in total. The van der Waals surface area contributed by atoms with Gasteiger partial charge in [-0.3, -0.25) is 9.59 Å². The van der Waals surface area contributed by atoms with Gasteiger partial charge in [0.15, 0.2) is 5.41 Å². The van der Waals surface area contributed by atoms with E-state index < -0.39 is 17.4 Å². The maximum Gasteiger partial charge on any atom is 0.327 e. The molecule has 0 radical (unpaired) electrons. The number of esters is 2. The molecular formula is C21H18O5. The molecule has 0 spiro atoms. The molecule has 5 nitrogen and oxygen atoms in total. The Bertz CT molecular complexity index is 971. The van der Waals surface area contributed by atoms with Crippen LogP contribution in [0.3, 0.4) is 0 Å². The quantitative estimate of drug-likeness (QED) is 0.534. The molecule has 0 aliphatic heterocycles. The average Bonchev–Trinajstić information content (AvgIpc) is 3.33. The van der Waals surface area contributed by atoms with E-state index in [4.69, 9.17) is 13.9 Å². The average molecular weight is 350 g/mol. The lowest BCUT2D eigenvalue weighted by Gasteiger charge is -2.24. The van der Waals surface area contributed by atoms with E-state index in [0.29, 0.717) is 11.3 Å². The van der Waals surface area contributed by atoms with Crippen molar-refractivity contribution in [3.63, 3.8) is 0 Å². The SMILES string of the molecule is COC(=O)C1(C(=O)OC)CC(c2ccco2)c2c1ccc1ccccc21. The predicted octanol–water partition coefficient (Wildman–Crippen LogP) is 3.55. The Labute approximate surface area is 150 Å². The van der Waals surface area contributed by atoms with Crippen molar-refractivity contribution in [1.82, 2.24) is 0 Å². The largest absolute Gasteiger partial charge is 0.469 e. The zero-order valence-corrected chi connectivity index (χ0v) is 14.5. The molecular weight excluding hydrogens is 332 g/mol. The monoisotopic (exact) mass is 350 g/mol. The van der Waals surface area contributed by atoms with Crippen molar-refractivity contribution in [3.8, 4) is 0 Å². The molecule has 1 aliphatic carbocycles. The van der Waals surface area contributed by atoms with Gasteiger partial charge in [-0.25, -0.2) is 0 Å². The predicted molar refractivity (Wildman–Crippen MR) is 94.8 cm³/mol. The topological polar surface area (TPSA) is 65.7 Å². The van der Waals surface area contributed by atoms with Crippen LogP contribution < -0.4 is 0 Å². The summed E-state index contributed by atoms with van der Waals surface area (Å²) in [6.45, 7) is 0. The first-order chi connectivity index (χ1) is 12.6. The van der Waals surface area contributed by atoms with Gasteiger partial charge < -0.3 is 13.9 Å². The van der Waals surface area contributed by atoms with Crippen molar-refractivity contribution in [2.75, 3.05) is 14.2 Å². The van der Waals surface area contributed by atoms with Gasteiger partial charge in [0.2, 0.25) is 0 Å². The van der Waals surface area contributed by atoms with Gasteiger partial charge >= 0.3 is 11.9 Å². The van der Waals surface area contributed by atoms with E-state index in [1.54, 1.807) is 12.3 Å². The summed E-state index contributed by atoms with van der Waals surface area (Å²) in [5, 5.41) is 2.02. The standard InChI is InChI=1S/C21H18O5/c1-24-19(22)21(20(23)25-2)12-15(17-8-5-11-26-17)18-14-7-4-3-6-13(14)9-10-16(18)21/h3-11,15H,12H2,1-2H3. The third kappa shape index (κ3) is 2.10. The molecule has 0 saturated heterocycles. The minimum atomic E-state index is -1.50. The molecule has 5 heteroatoms. The van der Waals surface area contributed by atoms with Gasteiger partial charge in [0, 0.05) is 5.92 Å². The lowest BCUT2D eigenvalue weighted by molar-refractivity contribution is -0.162. The molecule has 0 amide bonds. The summed E-state index contributed by atoms with van der Waals surface area (Å²) in [4.78, 5) is 25.6. The Morgan fingerprint density at radius 3 is 2.38 bits per heavy atom. The van der Waals surface area contributed by atoms with E-state index in [9.17, 15) is 9.59 Å². The van der Waals surface area contributed by atoms with Crippen LogP contribution in [0.15, 0.2) is 59.2 Å². The minimum absolute atomic E-state index is 0.212. The zero-order valence-electron chi connectivity index (χ0n) is 14.5. The van der Waals surface area contributed by atoms with E-state index >= 15 is 0 Å². The summed E-state index contributed by atoms with van der Waals surface area (Å²) >= 11 is 0. The van der Waals surface area contributed by atoms with E-state index in [1.165, 1.54) is 14.2 Å². The normalized spacial score (nSPS) is 17.7. The van der Waals surface area contributed by atoms with Crippen LogP contribution >= 0.6 is 0 Å². The van der Waals surface area contributed by atoms with Gasteiger partial charge in [0.05, 0.1) is 20.5 Å². The third-order valence-electron chi connectivity index (χ3n) is 5.24. The molecule has 0 bridgehead atoms. The molecule has 3 aromatic rings. The molecule has 1 aromatic heterocycles. The second kappa shape index (κ2) is 6.02. The minimum Gasteiger partial charge on any atom is -0.469 e. The van der Waals surface area contributed by atoms with Crippen LogP contribution in [-0.2, 0) is 24.5 Å². The number of carbonyl (C=O) groups excluding carboxylic acids is 2. The molecule has 4 rings (SSSR count). The van der Waals surface area contributed by atoms with E-state index in [-0.39, 0.29) is 12.3 Å². The number of ether oxygens (including phenoxy) is 2. The highest BCUT2D eigenvalue weighted by molar-refractivity contribution is 6.09. The fourth-order valence-electron chi connectivity index (χ4n) is 4.11.